The van der Waals surface area contributed by atoms with Gasteiger partial charge in [-0.05, 0) is 52.3 Å². The van der Waals surface area contributed by atoms with E-state index in [0.717, 1.165) is 28.7 Å². The van der Waals surface area contributed by atoms with Gasteiger partial charge in [-0.1, -0.05) is 50.6 Å². The van der Waals surface area contributed by atoms with Crippen molar-refractivity contribution < 1.29 is 14.3 Å². The molecule has 3 rings (SSSR count). The Morgan fingerprint density at radius 3 is 2.22 bits per heavy atom. The molecule has 0 bridgehead atoms. The van der Waals surface area contributed by atoms with E-state index in [4.69, 9.17) is 16.3 Å². The minimum atomic E-state index is -0.651. The van der Waals surface area contributed by atoms with Gasteiger partial charge in [0.15, 0.2) is 0 Å². The number of ether oxygens (including phenoxy) is 1. The summed E-state index contributed by atoms with van der Waals surface area (Å²) in [5, 5.41) is 0.548. The topological polar surface area (TPSA) is 43.4 Å². The number of Topliss-reactive ketones (excluding diaryl/α,β-unsaturated/α-hetero) is 2. The summed E-state index contributed by atoms with van der Waals surface area (Å²) in [6.45, 7) is 6.01. The molecule has 1 fully saturated rings. The van der Waals surface area contributed by atoms with Gasteiger partial charge in [0, 0.05) is 12.8 Å². The van der Waals surface area contributed by atoms with Gasteiger partial charge in [-0.2, -0.15) is 0 Å². The number of hydrogen-bond acceptors (Lipinski definition) is 3. The molecule has 0 saturated heterocycles. The first-order chi connectivity index (χ1) is 12.8. The van der Waals surface area contributed by atoms with Crippen LogP contribution >= 0.6 is 11.6 Å². The van der Waals surface area contributed by atoms with Crippen molar-refractivity contribution in [2.24, 2.45) is 5.41 Å². The second-order valence-electron chi connectivity index (χ2n) is 8.00. The highest BCUT2D eigenvalue weighted by atomic mass is 35.5. The van der Waals surface area contributed by atoms with Gasteiger partial charge in [-0.3, -0.25) is 9.59 Å². The Bertz CT molecular complexity index is 878. The van der Waals surface area contributed by atoms with E-state index < -0.39 is 5.92 Å². The predicted octanol–water partition coefficient (Wildman–Crippen LogP) is 5.62. The number of methoxy groups -OCH3 is 1. The van der Waals surface area contributed by atoms with Crippen LogP contribution in [0.25, 0.3) is 11.1 Å². The zero-order valence-electron chi connectivity index (χ0n) is 16.3. The van der Waals surface area contributed by atoms with Crippen molar-refractivity contribution in [1.29, 1.82) is 0 Å². The third kappa shape index (κ3) is 3.93. The highest BCUT2D eigenvalue weighted by Crippen LogP contribution is 2.40. The molecule has 2 aromatic rings. The van der Waals surface area contributed by atoms with Crippen LogP contribution < -0.4 is 4.74 Å². The summed E-state index contributed by atoms with van der Waals surface area (Å²) >= 11 is 6.14. The first-order valence-electron chi connectivity index (χ1n) is 9.28. The van der Waals surface area contributed by atoms with E-state index in [2.05, 4.69) is 0 Å². The Labute approximate surface area is 165 Å². The zero-order valence-corrected chi connectivity index (χ0v) is 17.0. The van der Waals surface area contributed by atoms with Crippen LogP contribution in [0.3, 0.4) is 0 Å². The summed E-state index contributed by atoms with van der Waals surface area (Å²) in [6, 6.07) is 11.6. The monoisotopic (exact) mass is 384 g/mol. The highest BCUT2D eigenvalue weighted by Gasteiger charge is 2.41. The molecular weight excluding hydrogens is 360 g/mol. The lowest BCUT2D eigenvalue weighted by Gasteiger charge is -2.33. The maximum Gasteiger partial charge on any atom is 0.148 e. The van der Waals surface area contributed by atoms with Gasteiger partial charge >= 0.3 is 0 Å². The molecule has 0 amide bonds. The van der Waals surface area contributed by atoms with Crippen LogP contribution in [-0.4, -0.2) is 18.7 Å². The number of benzene rings is 2. The van der Waals surface area contributed by atoms with Crippen LogP contribution in [0.15, 0.2) is 36.4 Å². The van der Waals surface area contributed by atoms with Crippen molar-refractivity contribution in [3.63, 3.8) is 0 Å². The van der Waals surface area contributed by atoms with Gasteiger partial charge in [-0.25, -0.2) is 0 Å². The number of rotatable bonds is 4. The van der Waals surface area contributed by atoms with E-state index in [1.165, 1.54) is 0 Å². The molecule has 3 nitrogen and oxygen atoms in total. The number of carbonyl (C=O) groups is 2. The Balaban J connectivity index is 2.07. The predicted molar refractivity (Wildman–Crippen MR) is 109 cm³/mol. The smallest absolute Gasteiger partial charge is 0.148 e. The number of hydrogen-bond donors (Lipinski definition) is 0. The minimum absolute atomic E-state index is 0.0248. The van der Waals surface area contributed by atoms with Gasteiger partial charge in [0.2, 0.25) is 0 Å². The van der Waals surface area contributed by atoms with Gasteiger partial charge in [0.1, 0.15) is 23.2 Å². The molecule has 0 radical (unpaired) electrons. The van der Waals surface area contributed by atoms with E-state index in [0.29, 0.717) is 23.6 Å². The minimum Gasteiger partial charge on any atom is -0.495 e. The Kier molecular flexibility index (Phi) is 5.43. The van der Waals surface area contributed by atoms with Crippen LogP contribution in [0.1, 0.15) is 50.7 Å². The molecule has 0 aromatic heterocycles. The molecule has 1 aliphatic rings. The molecule has 27 heavy (non-hydrogen) atoms. The van der Waals surface area contributed by atoms with E-state index in [1.807, 2.05) is 51.1 Å². The van der Waals surface area contributed by atoms with Crippen molar-refractivity contribution >= 4 is 23.2 Å². The van der Waals surface area contributed by atoms with Crippen LogP contribution in [0, 0.1) is 5.41 Å². The first-order valence-corrected chi connectivity index (χ1v) is 9.65. The number of ketones is 2. The van der Waals surface area contributed by atoms with E-state index in [-0.39, 0.29) is 17.0 Å². The van der Waals surface area contributed by atoms with Crippen molar-refractivity contribution in [1.82, 2.24) is 0 Å². The Hall–Kier alpha value is -2.13. The number of carbonyl (C=O) groups excluding carboxylic acids is 2. The SMILES string of the molecule is CCc1ccc(-c2ccc(Cl)c(OC)c2)cc1C1C(=O)CC(C)(C)CC1=O. The Morgan fingerprint density at radius 2 is 1.63 bits per heavy atom. The molecule has 0 atom stereocenters. The molecule has 1 aliphatic carbocycles. The molecular formula is C23H25ClO3. The Morgan fingerprint density at radius 1 is 1.04 bits per heavy atom. The molecule has 2 aromatic carbocycles. The fraction of sp³-hybridized carbons (Fsp3) is 0.391. The van der Waals surface area contributed by atoms with Crippen LogP contribution in [0.4, 0.5) is 0 Å². The van der Waals surface area contributed by atoms with Crippen LogP contribution in [-0.2, 0) is 16.0 Å². The third-order valence-corrected chi connectivity index (χ3v) is 5.58. The average Bonchev–Trinajstić information content (AvgIpc) is 2.60. The molecule has 1 saturated carbocycles. The van der Waals surface area contributed by atoms with E-state index in [1.54, 1.807) is 13.2 Å². The maximum absolute atomic E-state index is 12.8. The molecule has 0 spiro atoms. The second kappa shape index (κ2) is 7.47. The largest absolute Gasteiger partial charge is 0.495 e. The van der Waals surface area contributed by atoms with E-state index >= 15 is 0 Å². The lowest BCUT2D eigenvalue weighted by atomic mass is 9.69. The lowest BCUT2D eigenvalue weighted by molar-refractivity contribution is -0.135. The average molecular weight is 385 g/mol. The normalized spacial score (nSPS) is 17.2. The molecule has 0 aliphatic heterocycles. The van der Waals surface area contributed by atoms with Gasteiger partial charge in [0.25, 0.3) is 0 Å². The van der Waals surface area contributed by atoms with E-state index in [9.17, 15) is 9.59 Å². The molecule has 0 N–H and O–H groups in total. The van der Waals surface area contributed by atoms with Crippen LogP contribution in [0.5, 0.6) is 5.75 Å². The van der Waals surface area contributed by atoms with Crippen molar-refractivity contribution in [3.05, 3.63) is 52.5 Å². The summed E-state index contributed by atoms with van der Waals surface area (Å²) in [6.07, 6.45) is 1.65. The quantitative estimate of drug-likeness (QED) is 0.642. The number of halogens is 1. The fourth-order valence-electron chi connectivity index (χ4n) is 3.94. The molecule has 142 valence electrons. The standard InChI is InChI=1S/C23H25ClO3/c1-5-14-6-7-15(16-8-9-18(24)21(11-16)27-4)10-17(14)22-19(25)12-23(2,3)13-20(22)26/h6-11,22H,5,12-13H2,1-4H3. The van der Waals surface area contributed by atoms with Crippen molar-refractivity contribution in [2.45, 2.75) is 46.0 Å². The summed E-state index contributed by atoms with van der Waals surface area (Å²) in [5.74, 6) is -0.00227. The number of aryl methyl sites for hydroxylation is 1. The van der Waals surface area contributed by atoms with Crippen molar-refractivity contribution in [3.8, 4) is 16.9 Å². The molecule has 4 heteroatoms. The lowest BCUT2D eigenvalue weighted by Crippen LogP contribution is -2.36. The summed E-state index contributed by atoms with van der Waals surface area (Å²) in [5.41, 5.74) is 3.53. The van der Waals surface area contributed by atoms with Gasteiger partial charge < -0.3 is 4.74 Å². The second-order valence-corrected chi connectivity index (χ2v) is 8.41. The van der Waals surface area contributed by atoms with Gasteiger partial charge in [-0.15, -0.1) is 0 Å². The fourth-order valence-corrected chi connectivity index (χ4v) is 4.14. The molecule has 0 heterocycles. The maximum atomic E-state index is 12.8. The zero-order chi connectivity index (χ0) is 19.8. The van der Waals surface area contributed by atoms with Crippen molar-refractivity contribution in [2.75, 3.05) is 7.11 Å². The third-order valence-electron chi connectivity index (χ3n) is 5.27. The first kappa shape index (κ1) is 19.6. The van der Waals surface area contributed by atoms with Gasteiger partial charge in [0.05, 0.1) is 12.1 Å². The highest BCUT2D eigenvalue weighted by molar-refractivity contribution is 6.32. The summed E-state index contributed by atoms with van der Waals surface area (Å²) in [4.78, 5) is 25.6. The molecule has 0 unspecified atom stereocenters. The summed E-state index contributed by atoms with van der Waals surface area (Å²) in [7, 11) is 1.58. The summed E-state index contributed by atoms with van der Waals surface area (Å²) < 4.78 is 5.32. The van der Waals surface area contributed by atoms with Crippen LogP contribution in [0.2, 0.25) is 5.02 Å².